The molecular formula is C8H13N3. The van der Waals surface area contributed by atoms with Gasteiger partial charge in [0.1, 0.15) is 6.33 Å². The molecule has 0 saturated heterocycles. The van der Waals surface area contributed by atoms with Crippen LogP contribution in [0.25, 0.3) is 0 Å². The van der Waals surface area contributed by atoms with Crippen molar-refractivity contribution in [1.29, 1.82) is 0 Å². The van der Waals surface area contributed by atoms with Crippen LogP contribution in [0.2, 0.25) is 0 Å². The van der Waals surface area contributed by atoms with E-state index in [2.05, 4.69) is 15.3 Å². The lowest BCUT2D eigenvalue weighted by molar-refractivity contribution is 0.714. The highest BCUT2D eigenvalue weighted by Gasteiger charge is 1.90. The van der Waals surface area contributed by atoms with Gasteiger partial charge in [-0.1, -0.05) is 0 Å². The molecule has 1 N–H and O–H groups in total. The van der Waals surface area contributed by atoms with Gasteiger partial charge in [-0.05, 0) is 32.5 Å². The van der Waals surface area contributed by atoms with E-state index in [1.807, 2.05) is 13.1 Å². The summed E-state index contributed by atoms with van der Waals surface area (Å²) < 4.78 is 0. The summed E-state index contributed by atoms with van der Waals surface area (Å²) in [5.74, 6) is 0. The third kappa shape index (κ3) is 3.09. The number of nitrogens with one attached hydrogen (secondary N) is 1. The molecule has 0 saturated carbocycles. The Labute approximate surface area is 66.9 Å². The van der Waals surface area contributed by atoms with Crippen LogP contribution in [0.1, 0.15) is 12.1 Å². The Hall–Kier alpha value is -0.960. The van der Waals surface area contributed by atoms with Crippen molar-refractivity contribution < 1.29 is 0 Å². The first-order valence-corrected chi connectivity index (χ1v) is 3.83. The van der Waals surface area contributed by atoms with Crippen molar-refractivity contribution >= 4 is 0 Å². The molecule has 0 aliphatic rings. The van der Waals surface area contributed by atoms with Crippen LogP contribution in [0.5, 0.6) is 0 Å². The maximum absolute atomic E-state index is 4.11. The summed E-state index contributed by atoms with van der Waals surface area (Å²) in [5.41, 5.74) is 1.12. The van der Waals surface area contributed by atoms with Crippen LogP contribution in [-0.4, -0.2) is 23.6 Å². The van der Waals surface area contributed by atoms with Crippen molar-refractivity contribution in [1.82, 2.24) is 15.3 Å². The van der Waals surface area contributed by atoms with Gasteiger partial charge in [-0.15, -0.1) is 0 Å². The summed E-state index contributed by atoms with van der Waals surface area (Å²) in [6, 6.07) is 1.95. The number of nitrogens with zero attached hydrogens (tertiary/aromatic N) is 2. The quantitative estimate of drug-likeness (QED) is 0.641. The molecule has 1 aromatic heterocycles. The van der Waals surface area contributed by atoms with E-state index in [4.69, 9.17) is 0 Å². The first-order valence-electron chi connectivity index (χ1n) is 3.83. The normalized spacial score (nSPS) is 9.91. The molecule has 60 valence electrons. The second kappa shape index (κ2) is 4.79. The van der Waals surface area contributed by atoms with Crippen molar-refractivity contribution in [3.8, 4) is 0 Å². The summed E-state index contributed by atoms with van der Waals surface area (Å²) in [6.07, 6.45) is 5.54. The smallest absolute Gasteiger partial charge is 0.115 e. The summed E-state index contributed by atoms with van der Waals surface area (Å²) in [4.78, 5) is 7.96. The minimum absolute atomic E-state index is 1.03. The molecule has 0 aliphatic heterocycles. The molecule has 0 atom stereocenters. The van der Waals surface area contributed by atoms with Crippen LogP contribution in [0.4, 0.5) is 0 Å². The molecule has 11 heavy (non-hydrogen) atoms. The van der Waals surface area contributed by atoms with Gasteiger partial charge in [-0.2, -0.15) is 0 Å². The Morgan fingerprint density at radius 2 is 2.45 bits per heavy atom. The van der Waals surface area contributed by atoms with Crippen LogP contribution in [0.3, 0.4) is 0 Å². The number of hydrogen-bond donors (Lipinski definition) is 1. The van der Waals surface area contributed by atoms with Gasteiger partial charge in [0.05, 0.1) is 0 Å². The monoisotopic (exact) mass is 151 g/mol. The summed E-state index contributed by atoms with van der Waals surface area (Å²) in [7, 11) is 1.96. The second-order valence-electron chi connectivity index (χ2n) is 2.41. The number of aryl methyl sites for hydroxylation is 1. The first-order chi connectivity index (χ1) is 5.43. The molecular weight excluding hydrogens is 138 g/mol. The molecule has 0 fully saturated rings. The van der Waals surface area contributed by atoms with Crippen molar-refractivity contribution in [3.63, 3.8) is 0 Å². The third-order valence-electron chi connectivity index (χ3n) is 1.50. The predicted molar refractivity (Wildman–Crippen MR) is 44.3 cm³/mol. The molecule has 1 heterocycles. The Bertz CT molecular complexity index is 186. The molecule has 0 amide bonds. The van der Waals surface area contributed by atoms with Crippen LogP contribution >= 0.6 is 0 Å². The van der Waals surface area contributed by atoms with Crippen LogP contribution < -0.4 is 5.32 Å². The molecule has 1 aromatic rings. The van der Waals surface area contributed by atoms with E-state index in [0.717, 1.165) is 25.1 Å². The molecule has 0 unspecified atom stereocenters. The Kier molecular flexibility index (Phi) is 3.55. The van der Waals surface area contributed by atoms with Crippen molar-refractivity contribution in [2.75, 3.05) is 13.6 Å². The first kappa shape index (κ1) is 8.14. The minimum atomic E-state index is 1.03. The summed E-state index contributed by atoms with van der Waals surface area (Å²) >= 11 is 0. The average molecular weight is 151 g/mol. The van der Waals surface area contributed by atoms with E-state index in [1.165, 1.54) is 0 Å². The van der Waals surface area contributed by atoms with Gasteiger partial charge < -0.3 is 5.32 Å². The fourth-order valence-corrected chi connectivity index (χ4v) is 0.912. The average Bonchev–Trinajstić information content (AvgIpc) is 2.07. The van der Waals surface area contributed by atoms with Gasteiger partial charge in [0.15, 0.2) is 0 Å². The largest absolute Gasteiger partial charge is 0.320 e. The third-order valence-corrected chi connectivity index (χ3v) is 1.50. The van der Waals surface area contributed by atoms with E-state index >= 15 is 0 Å². The van der Waals surface area contributed by atoms with E-state index in [-0.39, 0.29) is 0 Å². The summed E-state index contributed by atoms with van der Waals surface area (Å²) in [6.45, 7) is 1.05. The molecule has 1 rings (SSSR count). The number of aromatic nitrogens is 2. The predicted octanol–water partition coefficient (Wildman–Crippen LogP) is 0.629. The fourth-order valence-electron chi connectivity index (χ4n) is 0.912. The molecule has 3 nitrogen and oxygen atoms in total. The van der Waals surface area contributed by atoms with Crippen molar-refractivity contribution in [3.05, 3.63) is 24.3 Å². The molecule has 0 aliphatic carbocycles. The van der Waals surface area contributed by atoms with E-state index < -0.39 is 0 Å². The maximum atomic E-state index is 4.11. The van der Waals surface area contributed by atoms with E-state index in [1.54, 1.807) is 12.5 Å². The van der Waals surface area contributed by atoms with Gasteiger partial charge in [-0.25, -0.2) is 9.97 Å². The van der Waals surface area contributed by atoms with Crippen molar-refractivity contribution in [2.24, 2.45) is 0 Å². The zero-order valence-electron chi connectivity index (χ0n) is 6.75. The van der Waals surface area contributed by atoms with Gasteiger partial charge in [0.25, 0.3) is 0 Å². The number of hydrogen-bond acceptors (Lipinski definition) is 3. The minimum Gasteiger partial charge on any atom is -0.320 e. The fraction of sp³-hybridized carbons (Fsp3) is 0.500. The standard InChI is InChI=1S/C8H13N3/c1-9-5-2-3-8-4-6-10-7-11-8/h4,6-7,9H,2-3,5H2,1H3. The Balaban J connectivity index is 2.28. The zero-order valence-corrected chi connectivity index (χ0v) is 6.75. The van der Waals surface area contributed by atoms with Crippen LogP contribution in [-0.2, 0) is 6.42 Å². The molecule has 0 spiro atoms. The van der Waals surface area contributed by atoms with Crippen LogP contribution in [0, 0.1) is 0 Å². The van der Waals surface area contributed by atoms with Gasteiger partial charge in [0, 0.05) is 11.9 Å². The molecule has 0 aromatic carbocycles. The zero-order chi connectivity index (χ0) is 7.94. The van der Waals surface area contributed by atoms with Gasteiger partial charge in [-0.3, -0.25) is 0 Å². The van der Waals surface area contributed by atoms with Crippen LogP contribution in [0.15, 0.2) is 18.6 Å². The second-order valence-corrected chi connectivity index (χ2v) is 2.41. The lowest BCUT2D eigenvalue weighted by Crippen LogP contribution is -2.08. The van der Waals surface area contributed by atoms with Crippen molar-refractivity contribution in [2.45, 2.75) is 12.8 Å². The lowest BCUT2D eigenvalue weighted by atomic mass is 10.2. The topological polar surface area (TPSA) is 37.8 Å². The molecule has 3 heteroatoms. The Morgan fingerprint density at radius 3 is 3.09 bits per heavy atom. The SMILES string of the molecule is CNCCCc1ccncn1. The molecule has 0 radical (unpaired) electrons. The highest BCUT2D eigenvalue weighted by molar-refractivity contribution is 4.97. The highest BCUT2D eigenvalue weighted by atomic mass is 14.8. The van der Waals surface area contributed by atoms with E-state index in [0.29, 0.717) is 0 Å². The molecule has 0 bridgehead atoms. The lowest BCUT2D eigenvalue weighted by Gasteiger charge is -1.97. The Morgan fingerprint density at radius 1 is 1.55 bits per heavy atom. The highest BCUT2D eigenvalue weighted by Crippen LogP contribution is 1.94. The maximum Gasteiger partial charge on any atom is 0.115 e. The number of rotatable bonds is 4. The summed E-state index contributed by atoms with van der Waals surface area (Å²) in [5, 5.41) is 3.09. The van der Waals surface area contributed by atoms with E-state index in [9.17, 15) is 0 Å². The van der Waals surface area contributed by atoms with Gasteiger partial charge in [0.2, 0.25) is 0 Å². The van der Waals surface area contributed by atoms with Gasteiger partial charge >= 0.3 is 0 Å².